The Kier molecular flexibility index (Phi) is 4.79. The normalized spacial score (nSPS) is 24.0. The highest BCUT2D eigenvalue weighted by atomic mass is 32.2. The standard InChI is InChI=1S/C13H17N3O5S2/c1-15(2)16(12-8-22(18,19)9-13(12)17)23(20,21)11-5-3-4-10(6-11)7-14/h3-6,12-13,17H,8-9H2,1-2H3/t12-,13-/m1/s1. The summed E-state index contributed by atoms with van der Waals surface area (Å²) in [6, 6.07) is 6.18. The van der Waals surface area contributed by atoms with Gasteiger partial charge in [0.05, 0.1) is 40.2 Å². The summed E-state index contributed by atoms with van der Waals surface area (Å²) in [6.45, 7) is 0. The van der Waals surface area contributed by atoms with Crippen molar-refractivity contribution in [1.82, 2.24) is 9.42 Å². The van der Waals surface area contributed by atoms with Crippen LogP contribution in [0.25, 0.3) is 0 Å². The molecule has 126 valence electrons. The van der Waals surface area contributed by atoms with Crippen molar-refractivity contribution in [2.45, 2.75) is 17.0 Å². The number of hydrazine groups is 1. The quantitative estimate of drug-likeness (QED) is 0.698. The van der Waals surface area contributed by atoms with Crippen LogP contribution >= 0.6 is 0 Å². The van der Waals surface area contributed by atoms with Crippen molar-refractivity contribution in [3.63, 3.8) is 0 Å². The van der Waals surface area contributed by atoms with E-state index in [-0.39, 0.29) is 10.5 Å². The van der Waals surface area contributed by atoms with Crippen LogP contribution in [0.4, 0.5) is 0 Å². The predicted octanol–water partition coefficient (Wildman–Crippen LogP) is -0.817. The molecule has 0 aromatic heterocycles. The summed E-state index contributed by atoms with van der Waals surface area (Å²) >= 11 is 0. The Morgan fingerprint density at radius 3 is 2.43 bits per heavy atom. The monoisotopic (exact) mass is 359 g/mol. The van der Waals surface area contributed by atoms with Gasteiger partial charge in [-0.25, -0.2) is 21.8 Å². The highest BCUT2D eigenvalue weighted by molar-refractivity contribution is 7.92. The molecule has 0 amide bonds. The van der Waals surface area contributed by atoms with E-state index in [9.17, 15) is 21.9 Å². The fourth-order valence-corrected chi connectivity index (χ4v) is 6.15. The third-order valence-corrected chi connectivity index (χ3v) is 7.12. The van der Waals surface area contributed by atoms with Crippen LogP contribution in [0, 0.1) is 11.3 Å². The second-order valence-electron chi connectivity index (χ2n) is 5.48. The zero-order valence-corrected chi connectivity index (χ0v) is 14.2. The van der Waals surface area contributed by atoms with Crippen molar-refractivity contribution in [1.29, 1.82) is 5.26 Å². The van der Waals surface area contributed by atoms with E-state index >= 15 is 0 Å². The summed E-state index contributed by atoms with van der Waals surface area (Å²) in [5, 5.41) is 20.1. The maximum absolute atomic E-state index is 12.9. The van der Waals surface area contributed by atoms with E-state index in [0.717, 1.165) is 4.41 Å². The molecule has 1 aromatic carbocycles. The van der Waals surface area contributed by atoms with Gasteiger partial charge in [0.2, 0.25) is 0 Å². The molecule has 0 unspecified atom stereocenters. The molecule has 0 radical (unpaired) electrons. The molecule has 23 heavy (non-hydrogen) atoms. The van der Waals surface area contributed by atoms with Crippen LogP contribution in [0.15, 0.2) is 29.2 Å². The minimum Gasteiger partial charge on any atom is -0.390 e. The molecule has 8 nitrogen and oxygen atoms in total. The van der Waals surface area contributed by atoms with Crippen LogP contribution < -0.4 is 0 Å². The minimum atomic E-state index is -4.12. The van der Waals surface area contributed by atoms with E-state index < -0.39 is 43.5 Å². The summed E-state index contributed by atoms with van der Waals surface area (Å²) in [5.74, 6) is -0.931. The highest BCUT2D eigenvalue weighted by Gasteiger charge is 2.46. The van der Waals surface area contributed by atoms with Crippen LogP contribution in [0.5, 0.6) is 0 Å². The Balaban J connectivity index is 2.51. The van der Waals surface area contributed by atoms with Crippen LogP contribution in [0.1, 0.15) is 5.56 Å². The number of nitriles is 1. The van der Waals surface area contributed by atoms with Crippen LogP contribution in [-0.4, -0.2) is 69.1 Å². The molecular formula is C13H17N3O5S2. The van der Waals surface area contributed by atoms with Gasteiger partial charge in [-0.05, 0) is 18.2 Å². The van der Waals surface area contributed by atoms with Gasteiger partial charge in [0.15, 0.2) is 9.84 Å². The molecule has 1 aliphatic rings. The van der Waals surface area contributed by atoms with E-state index in [1.54, 1.807) is 0 Å². The first-order valence-corrected chi connectivity index (χ1v) is 9.95. The molecule has 0 saturated carbocycles. The maximum Gasteiger partial charge on any atom is 0.256 e. The lowest BCUT2D eigenvalue weighted by Crippen LogP contribution is -2.53. The number of rotatable bonds is 4. The zero-order chi connectivity index (χ0) is 17.4. The van der Waals surface area contributed by atoms with Crippen molar-refractivity contribution in [2.24, 2.45) is 0 Å². The lowest BCUT2D eigenvalue weighted by Gasteiger charge is -2.34. The number of sulfone groups is 1. The van der Waals surface area contributed by atoms with E-state index in [0.29, 0.717) is 0 Å². The third kappa shape index (κ3) is 3.54. The maximum atomic E-state index is 12.9. The van der Waals surface area contributed by atoms with Gasteiger partial charge in [-0.1, -0.05) is 6.07 Å². The third-order valence-electron chi connectivity index (χ3n) is 3.48. The van der Waals surface area contributed by atoms with E-state index in [4.69, 9.17) is 5.26 Å². The molecule has 1 aromatic rings. The highest BCUT2D eigenvalue weighted by Crippen LogP contribution is 2.26. The largest absolute Gasteiger partial charge is 0.390 e. The summed E-state index contributed by atoms with van der Waals surface area (Å²) < 4.78 is 50.0. The summed E-state index contributed by atoms with van der Waals surface area (Å²) in [7, 11) is -4.73. The molecule has 2 rings (SSSR count). The SMILES string of the molecule is CN(C)N([C@@H]1CS(=O)(=O)C[C@H]1O)S(=O)(=O)c1cccc(C#N)c1. The van der Waals surface area contributed by atoms with E-state index in [1.165, 1.54) is 43.4 Å². The van der Waals surface area contributed by atoms with Gasteiger partial charge >= 0.3 is 0 Å². The van der Waals surface area contributed by atoms with Crippen molar-refractivity contribution < 1.29 is 21.9 Å². The molecule has 1 N–H and O–H groups in total. The smallest absolute Gasteiger partial charge is 0.256 e. The molecule has 0 spiro atoms. The van der Waals surface area contributed by atoms with Gasteiger partial charge in [-0.15, -0.1) is 4.41 Å². The second kappa shape index (κ2) is 6.18. The molecule has 1 saturated heterocycles. The fourth-order valence-electron chi connectivity index (χ4n) is 2.55. The average Bonchev–Trinajstić information content (AvgIpc) is 2.71. The lowest BCUT2D eigenvalue weighted by atomic mass is 10.2. The zero-order valence-electron chi connectivity index (χ0n) is 12.6. The Bertz CT molecular complexity index is 843. The number of aliphatic hydroxyl groups excluding tert-OH is 1. The lowest BCUT2D eigenvalue weighted by molar-refractivity contribution is 0.0272. The van der Waals surface area contributed by atoms with E-state index in [2.05, 4.69) is 0 Å². The van der Waals surface area contributed by atoms with Gasteiger partial charge in [0.1, 0.15) is 0 Å². The predicted molar refractivity (Wildman–Crippen MR) is 82.3 cm³/mol. The van der Waals surface area contributed by atoms with Gasteiger partial charge in [0, 0.05) is 14.1 Å². The molecule has 1 heterocycles. The van der Waals surface area contributed by atoms with Crippen molar-refractivity contribution >= 4 is 19.9 Å². The first-order chi connectivity index (χ1) is 10.6. The summed E-state index contributed by atoms with van der Waals surface area (Å²) in [4.78, 5) is -0.137. The Hall–Kier alpha value is -1.51. The Morgan fingerprint density at radius 2 is 1.96 bits per heavy atom. The Labute approximate surface area is 135 Å². The number of hydrogen-bond donors (Lipinski definition) is 1. The number of hydrogen-bond acceptors (Lipinski definition) is 7. The topological polar surface area (TPSA) is 119 Å². The number of benzene rings is 1. The van der Waals surface area contributed by atoms with Gasteiger partial charge < -0.3 is 5.11 Å². The average molecular weight is 359 g/mol. The van der Waals surface area contributed by atoms with Gasteiger partial charge in [-0.3, -0.25) is 0 Å². The van der Waals surface area contributed by atoms with Crippen LogP contribution in [0.3, 0.4) is 0 Å². The number of nitrogens with zero attached hydrogens (tertiary/aromatic N) is 3. The minimum absolute atomic E-state index is 0.137. The summed E-state index contributed by atoms with van der Waals surface area (Å²) in [5.41, 5.74) is 0.171. The second-order valence-corrected chi connectivity index (χ2v) is 9.43. The first kappa shape index (κ1) is 17.8. The molecule has 1 aliphatic heterocycles. The van der Waals surface area contributed by atoms with E-state index in [1.807, 2.05) is 6.07 Å². The number of aliphatic hydroxyl groups is 1. The van der Waals surface area contributed by atoms with Crippen molar-refractivity contribution in [3.05, 3.63) is 29.8 Å². The molecular weight excluding hydrogens is 342 g/mol. The van der Waals surface area contributed by atoms with Crippen molar-refractivity contribution in [3.8, 4) is 6.07 Å². The molecule has 1 fully saturated rings. The van der Waals surface area contributed by atoms with Gasteiger partial charge in [-0.2, -0.15) is 5.26 Å². The molecule has 0 aliphatic carbocycles. The first-order valence-electron chi connectivity index (χ1n) is 6.69. The fraction of sp³-hybridized carbons (Fsp3) is 0.462. The van der Waals surface area contributed by atoms with Crippen LogP contribution in [0.2, 0.25) is 0 Å². The molecule has 2 atom stereocenters. The summed E-state index contributed by atoms with van der Waals surface area (Å²) in [6.07, 6.45) is -1.31. The molecule has 10 heteroatoms. The van der Waals surface area contributed by atoms with Crippen LogP contribution in [-0.2, 0) is 19.9 Å². The number of sulfonamides is 1. The van der Waals surface area contributed by atoms with Gasteiger partial charge in [0.25, 0.3) is 10.0 Å². The molecule has 0 bridgehead atoms. The van der Waals surface area contributed by atoms with Crippen molar-refractivity contribution in [2.75, 3.05) is 25.6 Å². The Morgan fingerprint density at radius 1 is 1.30 bits per heavy atom.